The maximum atomic E-state index is 14.0. The van der Waals surface area contributed by atoms with Crippen LogP contribution in [0.5, 0.6) is 11.5 Å². The first-order chi connectivity index (χ1) is 19.7. The van der Waals surface area contributed by atoms with Gasteiger partial charge in [-0.25, -0.2) is 4.39 Å². The van der Waals surface area contributed by atoms with Crippen molar-refractivity contribution < 1.29 is 19.0 Å². The molecular formula is C34H34FN3O4. The lowest BCUT2D eigenvalue weighted by molar-refractivity contribution is 0.0786. The van der Waals surface area contributed by atoms with Gasteiger partial charge in [0.15, 0.2) is 0 Å². The maximum absolute atomic E-state index is 14.0. The summed E-state index contributed by atoms with van der Waals surface area (Å²) in [5.74, 6) is 0.218. The largest absolute Gasteiger partial charge is 0.456 e. The number of aromatic amines is 1. The van der Waals surface area contributed by atoms with Crippen LogP contribution in [0.25, 0.3) is 22.0 Å². The van der Waals surface area contributed by atoms with Crippen LogP contribution in [0, 0.1) is 33.5 Å². The number of aliphatic hydroxyl groups is 1. The van der Waals surface area contributed by atoms with E-state index in [-0.39, 0.29) is 28.5 Å². The van der Waals surface area contributed by atoms with E-state index in [1.165, 1.54) is 16.7 Å². The monoisotopic (exact) mass is 567 g/mol. The molecule has 0 unspecified atom stereocenters. The summed E-state index contributed by atoms with van der Waals surface area (Å²) in [6.45, 7) is 10.9. The van der Waals surface area contributed by atoms with Crippen LogP contribution in [0.3, 0.4) is 0 Å². The second kappa shape index (κ2) is 10.6. The summed E-state index contributed by atoms with van der Waals surface area (Å²) in [5, 5.41) is 14.3. The molecule has 3 N–H and O–H groups in total. The molecule has 3 aromatic carbocycles. The maximum Gasteiger partial charge on any atom is 0.274 e. The molecule has 1 amide bonds. The van der Waals surface area contributed by atoms with Crippen LogP contribution in [0.2, 0.25) is 0 Å². The zero-order valence-electron chi connectivity index (χ0n) is 24.8. The minimum atomic E-state index is -1.16. The third-order valence-electron chi connectivity index (χ3n) is 7.59. The number of nitrogens with zero attached hydrogens (tertiary/aromatic N) is 1. The Hall–Kier alpha value is -4.69. The number of benzene rings is 3. The van der Waals surface area contributed by atoms with Gasteiger partial charge >= 0.3 is 0 Å². The molecule has 0 bridgehead atoms. The Kier molecular flexibility index (Phi) is 7.28. The second-order valence-electron chi connectivity index (χ2n) is 11.4. The minimum absolute atomic E-state index is 0.221. The van der Waals surface area contributed by atoms with Crippen molar-refractivity contribution >= 4 is 22.5 Å². The van der Waals surface area contributed by atoms with Crippen LogP contribution in [-0.4, -0.2) is 20.6 Å². The van der Waals surface area contributed by atoms with Crippen molar-refractivity contribution in [2.75, 3.05) is 5.32 Å². The zero-order valence-corrected chi connectivity index (χ0v) is 24.8. The Bertz CT molecular complexity index is 1910. The summed E-state index contributed by atoms with van der Waals surface area (Å²) in [6.07, 6.45) is 1.68. The molecular weight excluding hydrogens is 533 g/mol. The van der Waals surface area contributed by atoms with Crippen molar-refractivity contribution in [2.24, 2.45) is 7.05 Å². The third-order valence-corrected chi connectivity index (χ3v) is 7.59. The highest BCUT2D eigenvalue weighted by atomic mass is 19.1. The molecule has 0 atom stereocenters. The summed E-state index contributed by atoms with van der Waals surface area (Å²) in [6, 6.07) is 15.5. The number of H-pyrrole nitrogens is 1. The summed E-state index contributed by atoms with van der Waals surface area (Å²) in [5.41, 5.74) is 4.92. The van der Waals surface area contributed by atoms with E-state index in [0.29, 0.717) is 50.4 Å². The number of aryl methyl sites for hydroxylation is 5. The molecule has 0 aliphatic heterocycles. The molecule has 5 rings (SSSR count). The lowest BCUT2D eigenvalue weighted by Crippen LogP contribution is -2.18. The smallest absolute Gasteiger partial charge is 0.274 e. The first-order valence-electron chi connectivity index (χ1n) is 13.7. The van der Waals surface area contributed by atoms with E-state index in [4.69, 9.17) is 4.74 Å². The van der Waals surface area contributed by atoms with Gasteiger partial charge < -0.3 is 24.7 Å². The molecule has 42 heavy (non-hydrogen) atoms. The van der Waals surface area contributed by atoms with Gasteiger partial charge in [-0.05, 0) is 112 Å². The zero-order chi connectivity index (χ0) is 30.5. The summed E-state index contributed by atoms with van der Waals surface area (Å²) < 4.78 is 21.9. The number of amides is 1. The van der Waals surface area contributed by atoms with E-state index in [0.717, 1.165) is 11.1 Å². The number of anilines is 1. The van der Waals surface area contributed by atoms with E-state index < -0.39 is 5.60 Å². The fraction of sp³-hybridized carbons (Fsp3) is 0.235. The van der Waals surface area contributed by atoms with Gasteiger partial charge in [-0.3, -0.25) is 9.59 Å². The van der Waals surface area contributed by atoms with Gasteiger partial charge in [0.05, 0.1) is 5.60 Å². The summed E-state index contributed by atoms with van der Waals surface area (Å²) in [4.78, 5) is 29.5. The van der Waals surface area contributed by atoms with E-state index in [2.05, 4.69) is 10.3 Å². The van der Waals surface area contributed by atoms with Gasteiger partial charge in [-0.1, -0.05) is 12.1 Å². The van der Waals surface area contributed by atoms with Gasteiger partial charge in [-0.2, -0.15) is 0 Å². The SMILES string of the molecule is Cc1ccc(NC(=O)c2cc3c(-c4cc(C(C)(C)O)ccc4Oc4c(C)cc(F)cc4C)cn(C)c(=O)c3[nH]2)cc1C. The van der Waals surface area contributed by atoms with Crippen LogP contribution in [0.15, 0.2) is 65.6 Å². The fourth-order valence-corrected chi connectivity index (χ4v) is 5.07. The average molecular weight is 568 g/mol. The first-order valence-corrected chi connectivity index (χ1v) is 13.7. The lowest BCUT2D eigenvalue weighted by Gasteiger charge is -2.22. The number of rotatable bonds is 6. The van der Waals surface area contributed by atoms with Gasteiger partial charge in [0.1, 0.15) is 28.5 Å². The normalized spacial score (nSPS) is 11.6. The number of ether oxygens (including phenoxy) is 1. The molecule has 0 spiro atoms. The molecule has 0 radical (unpaired) electrons. The number of nitrogens with one attached hydrogen (secondary N) is 2. The molecule has 2 aromatic heterocycles. The Balaban J connectivity index is 1.68. The highest BCUT2D eigenvalue weighted by Crippen LogP contribution is 2.41. The van der Waals surface area contributed by atoms with Crippen molar-refractivity contribution in [3.8, 4) is 22.6 Å². The predicted molar refractivity (Wildman–Crippen MR) is 164 cm³/mol. The summed E-state index contributed by atoms with van der Waals surface area (Å²) >= 11 is 0. The molecule has 0 aliphatic carbocycles. The Morgan fingerprint density at radius 3 is 2.26 bits per heavy atom. The molecule has 0 saturated carbocycles. The Labute approximate surface area is 243 Å². The van der Waals surface area contributed by atoms with Crippen molar-refractivity contribution in [3.05, 3.63) is 110 Å². The number of hydrogen-bond donors (Lipinski definition) is 3. The quantitative estimate of drug-likeness (QED) is 0.203. The molecule has 0 aliphatic rings. The average Bonchev–Trinajstić information content (AvgIpc) is 3.36. The van der Waals surface area contributed by atoms with Crippen LogP contribution in [0.4, 0.5) is 10.1 Å². The minimum Gasteiger partial charge on any atom is -0.456 e. The molecule has 0 saturated heterocycles. The molecule has 7 nitrogen and oxygen atoms in total. The van der Waals surface area contributed by atoms with Crippen molar-refractivity contribution in [1.82, 2.24) is 9.55 Å². The number of carbonyl (C=O) groups is 1. The van der Waals surface area contributed by atoms with Crippen LogP contribution >= 0.6 is 0 Å². The topological polar surface area (TPSA) is 96.3 Å². The number of pyridine rings is 1. The highest BCUT2D eigenvalue weighted by Gasteiger charge is 2.23. The summed E-state index contributed by atoms with van der Waals surface area (Å²) in [7, 11) is 1.63. The number of fused-ring (bicyclic) bond motifs is 1. The standard InChI is InChI=1S/C34H34FN3O4/c1-18-8-10-24(14-19(18)2)36-32(39)28-16-26-27(17-38(7)33(40)30(26)37-28)25-15-22(34(5,6)41)9-11-29(25)42-31-20(3)12-23(35)13-21(31)4/h8-17,37,41H,1-7H3,(H,36,39). The third kappa shape index (κ3) is 5.45. The van der Waals surface area contributed by atoms with Gasteiger partial charge in [0.25, 0.3) is 11.5 Å². The van der Waals surface area contributed by atoms with Crippen molar-refractivity contribution in [2.45, 2.75) is 47.1 Å². The molecule has 5 aromatic rings. The number of carbonyl (C=O) groups excluding carboxylic acids is 1. The van der Waals surface area contributed by atoms with E-state index in [1.54, 1.807) is 59.1 Å². The molecule has 0 fully saturated rings. The second-order valence-corrected chi connectivity index (χ2v) is 11.4. The first kappa shape index (κ1) is 28.8. The number of aromatic nitrogens is 2. The van der Waals surface area contributed by atoms with Crippen LogP contribution < -0.4 is 15.6 Å². The van der Waals surface area contributed by atoms with E-state index in [9.17, 15) is 19.1 Å². The van der Waals surface area contributed by atoms with Gasteiger partial charge in [0, 0.05) is 35.4 Å². The van der Waals surface area contributed by atoms with Gasteiger partial charge in [-0.15, -0.1) is 0 Å². The van der Waals surface area contributed by atoms with E-state index >= 15 is 0 Å². The van der Waals surface area contributed by atoms with E-state index in [1.807, 2.05) is 38.1 Å². The van der Waals surface area contributed by atoms with Gasteiger partial charge in [0.2, 0.25) is 0 Å². The Morgan fingerprint density at radius 2 is 1.62 bits per heavy atom. The lowest BCUT2D eigenvalue weighted by atomic mass is 9.93. The fourth-order valence-electron chi connectivity index (χ4n) is 5.07. The molecule has 216 valence electrons. The number of halogens is 1. The molecule has 2 heterocycles. The highest BCUT2D eigenvalue weighted by molar-refractivity contribution is 6.08. The van der Waals surface area contributed by atoms with Crippen LogP contribution in [0.1, 0.15) is 52.2 Å². The number of hydrogen-bond acceptors (Lipinski definition) is 4. The van der Waals surface area contributed by atoms with Crippen molar-refractivity contribution in [3.63, 3.8) is 0 Å². The van der Waals surface area contributed by atoms with Crippen molar-refractivity contribution in [1.29, 1.82) is 0 Å². The molecule has 8 heteroatoms. The Morgan fingerprint density at radius 1 is 0.929 bits per heavy atom. The predicted octanol–water partition coefficient (Wildman–Crippen LogP) is 7.18. The van der Waals surface area contributed by atoms with Crippen LogP contribution in [-0.2, 0) is 12.6 Å².